The third kappa shape index (κ3) is 4.03. The Morgan fingerprint density at radius 2 is 2.35 bits per heavy atom. The molecule has 0 fully saturated rings. The van der Waals surface area contributed by atoms with Crippen LogP contribution < -0.4 is 5.32 Å². The van der Waals surface area contributed by atoms with E-state index in [9.17, 15) is 4.79 Å². The first-order chi connectivity index (χ1) is 11.3. The van der Waals surface area contributed by atoms with Crippen LogP contribution in [0, 0.1) is 5.92 Å². The highest BCUT2D eigenvalue weighted by Gasteiger charge is 2.26. The summed E-state index contributed by atoms with van der Waals surface area (Å²) < 4.78 is 12.3. The zero-order valence-electron chi connectivity index (χ0n) is 13.4. The number of carbonyl (C=O) groups is 1. The smallest absolute Gasteiger partial charge is 0.226 e. The van der Waals surface area contributed by atoms with Crippen molar-refractivity contribution in [3.05, 3.63) is 48.2 Å². The molecule has 2 aromatic rings. The fraction of sp³-hybridized carbons (Fsp3) is 0.471. The van der Waals surface area contributed by atoms with Gasteiger partial charge in [-0.2, -0.15) is 0 Å². The molecule has 2 aromatic heterocycles. The van der Waals surface area contributed by atoms with Crippen LogP contribution in [0.15, 0.2) is 41.3 Å². The van der Waals surface area contributed by atoms with Crippen LogP contribution in [0.5, 0.6) is 0 Å². The SMILES string of the molecule is COCCNC(=O)[C@H]1CN(Cc2ccoc2)Cc2cccn2C1. The number of hydrogen-bond acceptors (Lipinski definition) is 4. The second kappa shape index (κ2) is 7.48. The first-order valence-corrected chi connectivity index (χ1v) is 7.90. The van der Waals surface area contributed by atoms with E-state index >= 15 is 0 Å². The molecule has 0 bridgehead atoms. The number of nitrogens with one attached hydrogen (secondary N) is 1. The van der Waals surface area contributed by atoms with Gasteiger partial charge in [-0.15, -0.1) is 0 Å². The number of fused-ring (bicyclic) bond motifs is 1. The maximum atomic E-state index is 12.5. The summed E-state index contributed by atoms with van der Waals surface area (Å²) in [6, 6.07) is 6.13. The lowest BCUT2D eigenvalue weighted by molar-refractivity contribution is -0.126. The first kappa shape index (κ1) is 15.8. The number of aromatic nitrogens is 1. The molecule has 0 saturated carbocycles. The highest BCUT2D eigenvalue weighted by Crippen LogP contribution is 2.19. The van der Waals surface area contributed by atoms with Crippen molar-refractivity contribution in [1.82, 2.24) is 14.8 Å². The van der Waals surface area contributed by atoms with Crippen molar-refractivity contribution < 1.29 is 13.9 Å². The number of methoxy groups -OCH3 is 1. The summed E-state index contributed by atoms with van der Waals surface area (Å²) in [4.78, 5) is 14.8. The van der Waals surface area contributed by atoms with Crippen molar-refractivity contribution in [1.29, 1.82) is 0 Å². The van der Waals surface area contributed by atoms with Crippen molar-refractivity contribution >= 4 is 5.91 Å². The van der Waals surface area contributed by atoms with E-state index in [-0.39, 0.29) is 11.8 Å². The van der Waals surface area contributed by atoms with Gasteiger partial charge in [0.15, 0.2) is 0 Å². The fourth-order valence-electron chi connectivity index (χ4n) is 3.02. The minimum absolute atomic E-state index is 0.0765. The molecule has 1 amide bonds. The topological polar surface area (TPSA) is 59.6 Å². The summed E-state index contributed by atoms with van der Waals surface area (Å²) in [5.74, 6) is 0.00759. The van der Waals surface area contributed by atoms with Gasteiger partial charge in [0, 0.05) is 57.3 Å². The molecule has 6 nitrogen and oxygen atoms in total. The summed E-state index contributed by atoms with van der Waals surface area (Å²) in [5.41, 5.74) is 2.37. The van der Waals surface area contributed by atoms with Crippen molar-refractivity contribution in [2.75, 3.05) is 26.8 Å². The van der Waals surface area contributed by atoms with Crippen LogP contribution >= 0.6 is 0 Å². The average molecular weight is 317 g/mol. The Morgan fingerprint density at radius 1 is 1.43 bits per heavy atom. The molecule has 0 saturated heterocycles. The predicted molar refractivity (Wildman–Crippen MR) is 85.6 cm³/mol. The standard InChI is InChI=1S/C17H23N3O3/c1-22-8-5-18-17(21)15-10-19(9-14-4-7-23-13-14)12-16-3-2-6-20(16)11-15/h2-4,6-7,13,15H,5,8-12H2,1H3,(H,18,21)/t15-/m0/s1. The summed E-state index contributed by atoms with van der Waals surface area (Å²) in [7, 11) is 1.64. The lowest BCUT2D eigenvalue weighted by atomic mass is 10.1. The van der Waals surface area contributed by atoms with Crippen LogP contribution in [-0.2, 0) is 29.2 Å². The molecular formula is C17H23N3O3. The number of furan rings is 1. The molecule has 3 heterocycles. The molecule has 23 heavy (non-hydrogen) atoms. The van der Waals surface area contributed by atoms with Crippen molar-refractivity contribution in [2.45, 2.75) is 19.6 Å². The van der Waals surface area contributed by atoms with Gasteiger partial charge < -0.3 is 19.0 Å². The minimum atomic E-state index is -0.0765. The summed E-state index contributed by atoms with van der Waals surface area (Å²) in [5, 5.41) is 2.96. The zero-order valence-corrected chi connectivity index (χ0v) is 13.4. The predicted octanol–water partition coefficient (Wildman–Crippen LogP) is 1.48. The maximum absolute atomic E-state index is 12.5. The van der Waals surface area contributed by atoms with E-state index in [0.29, 0.717) is 19.7 Å². The normalized spacial score (nSPS) is 18.4. The van der Waals surface area contributed by atoms with Crippen LogP contribution in [0.3, 0.4) is 0 Å². The summed E-state index contributed by atoms with van der Waals surface area (Å²) in [6.45, 7) is 4.14. The van der Waals surface area contributed by atoms with Crippen LogP contribution in [0.4, 0.5) is 0 Å². The molecule has 0 radical (unpaired) electrons. The van der Waals surface area contributed by atoms with Crippen molar-refractivity contribution in [3.8, 4) is 0 Å². The van der Waals surface area contributed by atoms with Crippen molar-refractivity contribution in [3.63, 3.8) is 0 Å². The van der Waals surface area contributed by atoms with E-state index in [1.165, 1.54) is 5.69 Å². The molecule has 0 spiro atoms. The second-order valence-electron chi connectivity index (χ2n) is 5.93. The van der Waals surface area contributed by atoms with Gasteiger partial charge in [-0.3, -0.25) is 9.69 Å². The van der Waals surface area contributed by atoms with Crippen LogP contribution in [-0.4, -0.2) is 42.2 Å². The molecule has 1 atom stereocenters. The quantitative estimate of drug-likeness (QED) is 0.820. The van der Waals surface area contributed by atoms with Gasteiger partial charge in [-0.05, 0) is 18.2 Å². The van der Waals surface area contributed by atoms with Gasteiger partial charge in [0.2, 0.25) is 5.91 Å². The molecule has 0 aromatic carbocycles. The Hall–Kier alpha value is -2.05. The van der Waals surface area contributed by atoms with Crippen LogP contribution in [0.2, 0.25) is 0 Å². The zero-order chi connectivity index (χ0) is 16.1. The Labute approximate surface area is 136 Å². The minimum Gasteiger partial charge on any atom is -0.472 e. The number of ether oxygens (including phenoxy) is 1. The van der Waals surface area contributed by atoms with Gasteiger partial charge in [0.25, 0.3) is 0 Å². The molecule has 1 aliphatic heterocycles. The van der Waals surface area contributed by atoms with E-state index < -0.39 is 0 Å². The maximum Gasteiger partial charge on any atom is 0.226 e. The number of carbonyl (C=O) groups excluding carboxylic acids is 1. The molecule has 0 aliphatic carbocycles. The molecule has 3 rings (SSSR count). The third-order valence-corrected chi connectivity index (χ3v) is 4.17. The molecule has 124 valence electrons. The highest BCUT2D eigenvalue weighted by molar-refractivity contribution is 5.78. The Morgan fingerprint density at radius 3 is 3.13 bits per heavy atom. The van der Waals surface area contributed by atoms with E-state index in [2.05, 4.69) is 20.9 Å². The second-order valence-corrected chi connectivity index (χ2v) is 5.93. The van der Waals surface area contributed by atoms with E-state index in [4.69, 9.17) is 9.15 Å². The lowest BCUT2D eigenvalue weighted by Gasteiger charge is -2.23. The van der Waals surface area contributed by atoms with Crippen molar-refractivity contribution in [2.24, 2.45) is 5.92 Å². The van der Waals surface area contributed by atoms with Gasteiger partial charge in [-0.25, -0.2) is 0 Å². The van der Waals surface area contributed by atoms with Gasteiger partial charge in [0.05, 0.1) is 25.1 Å². The fourth-order valence-corrected chi connectivity index (χ4v) is 3.02. The van der Waals surface area contributed by atoms with Crippen LogP contribution in [0.25, 0.3) is 0 Å². The lowest BCUT2D eigenvalue weighted by Crippen LogP contribution is -2.39. The Balaban J connectivity index is 1.70. The van der Waals surface area contributed by atoms with E-state index in [1.54, 1.807) is 19.6 Å². The molecule has 1 aliphatic rings. The van der Waals surface area contributed by atoms with E-state index in [0.717, 1.165) is 25.2 Å². The van der Waals surface area contributed by atoms with Gasteiger partial charge >= 0.3 is 0 Å². The average Bonchev–Trinajstić information content (AvgIpc) is 3.16. The Kier molecular flexibility index (Phi) is 5.15. The third-order valence-electron chi connectivity index (χ3n) is 4.17. The first-order valence-electron chi connectivity index (χ1n) is 7.90. The molecular weight excluding hydrogens is 294 g/mol. The van der Waals surface area contributed by atoms with Gasteiger partial charge in [-0.1, -0.05) is 0 Å². The van der Waals surface area contributed by atoms with Gasteiger partial charge in [0.1, 0.15) is 0 Å². The molecule has 0 unspecified atom stereocenters. The largest absolute Gasteiger partial charge is 0.472 e. The Bertz CT molecular complexity index is 621. The monoisotopic (exact) mass is 317 g/mol. The molecule has 6 heteroatoms. The number of hydrogen-bond donors (Lipinski definition) is 1. The van der Waals surface area contributed by atoms with Crippen LogP contribution in [0.1, 0.15) is 11.3 Å². The summed E-state index contributed by atoms with van der Waals surface area (Å²) in [6.07, 6.45) is 5.49. The highest BCUT2D eigenvalue weighted by atomic mass is 16.5. The number of amides is 1. The number of rotatable bonds is 6. The number of nitrogens with zero attached hydrogens (tertiary/aromatic N) is 2. The van der Waals surface area contributed by atoms with E-state index in [1.807, 2.05) is 18.3 Å². The molecule has 1 N–H and O–H groups in total. The summed E-state index contributed by atoms with van der Waals surface area (Å²) >= 11 is 0.